The molecule has 2 rings (SSSR count). The Morgan fingerprint density at radius 1 is 1.56 bits per heavy atom. The number of hydrogen-bond acceptors (Lipinski definition) is 0. The lowest BCUT2D eigenvalue weighted by Gasteiger charge is -2.10. The predicted octanol–water partition coefficient (Wildman–Crippen LogP) is 2.18. The number of allylic oxidation sites excluding steroid dienone is 4. The van der Waals surface area contributed by atoms with E-state index in [4.69, 9.17) is 0 Å². The fraction of sp³-hybridized carbons (Fsp3) is 0.500. The van der Waals surface area contributed by atoms with Crippen molar-refractivity contribution in [3.05, 3.63) is 23.8 Å². The summed E-state index contributed by atoms with van der Waals surface area (Å²) in [4.78, 5) is 0. The van der Waals surface area contributed by atoms with Crippen LogP contribution in [0, 0.1) is 5.92 Å². The fourth-order valence-electron chi connectivity index (χ4n) is 1.53. The Hall–Kier alpha value is -0.0900. The molecule has 2 unspecified atom stereocenters. The highest BCUT2D eigenvalue weighted by Crippen LogP contribution is 2.37. The molecule has 1 heteroatoms. The van der Waals surface area contributed by atoms with Gasteiger partial charge in [0, 0.05) is 0 Å². The molecule has 2 atom stereocenters. The Labute approximate surface area is 57.8 Å². The van der Waals surface area contributed by atoms with Crippen molar-refractivity contribution in [3.63, 3.8) is 0 Å². The van der Waals surface area contributed by atoms with Gasteiger partial charge in [-0.05, 0) is 24.7 Å². The summed E-state index contributed by atoms with van der Waals surface area (Å²) < 4.78 is 0. The first-order chi connectivity index (χ1) is 4.47. The lowest BCUT2D eigenvalue weighted by atomic mass is 9.95. The second-order valence-corrected chi connectivity index (χ2v) is 4.00. The third kappa shape index (κ3) is 0.966. The van der Waals surface area contributed by atoms with Crippen LogP contribution < -0.4 is 0 Å². The Balaban J connectivity index is 2.23. The second-order valence-electron chi connectivity index (χ2n) is 2.73. The Kier molecular flexibility index (Phi) is 1.43. The molecule has 0 radical (unpaired) electrons. The molecule has 0 bridgehead atoms. The molecule has 1 fully saturated rings. The summed E-state index contributed by atoms with van der Waals surface area (Å²) in [5, 5.41) is 0. The molecular weight excluding hydrogens is 127 g/mol. The topological polar surface area (TPSA) is 0 Å². The third-order valence-electron chi connectivity index (χ3n) is 2.11. The average molecular weight is 138 g/mol. The van der Waals surface area contributed by atoms with Gasteiger partial charge in [0.05, 0.1) is 0 Å². The maximum absolute atomic E-state index is 2.31. The Morgan fingerprint density at radius 3 is 3.44 bits per heavy atom. The van der Waals surface area contributed by atoms with Crippen molar-refractivity contribution >= 4 is 8.58 Å². The zero-order valence-corrected chi connectivity index (χ0v) is 6.43. The maximum atomic E-state index is 2.31. The van der Waals surface area contributed by atoms with Gasteiger partial charge in [-0.2, -0.15) is 0 Å². The van der Waals surface area contributed by atoms with Gasteiger partial charge in [0.25, 0.3) is 0 Å². The first-order valence-electron chi connectivity index (χ1n) is 3.53. The van der Waals surface area contributed by atoms with E-state index < -0.39 is 0 Å². The molecule has 48 valence electrons. The lowest BCUT2D eigenvalue weighted by molar-refractivity contribution is 0.719. The van der Waals surface area contributed by atoms with E-state index in [9.17, 15) is 0 Å². The van der Waals surface area contributed by atoms with Gasteiger partial charge < -0.3 is 0 Å². The van der Waals surface area contributed by atoms with Crippen molar-refractivity contribution in [3.8, 4) is 0 Å². The molecule has 0 spiro atoms. The zero-order chi connectivity index (χ0) is 6.10. The molecule has 9 heavy (non-hydrogen) atoms. The lowest BCUT2D eigenvalue weighted by Crippen LogP contribution is -2.01. The van der Waals surface area contributed by atoms with E-state index in [1.807, 2.05) is 0 Å². The molecule has 0 aromatic carbocycles. The first-order valence-corrected chi connectivity index (χ1v) is 4.94. The maximum Gasteiger partial charge on any atom is -0.0125 e. The molecule has 0 aromatic rings. The summed E-state index contributed by atoms with van der Waals surface area (Å²) in [6.45, 7) is 0. The van der Waals surface area contributed by atoms with Gasteiger partial charge in [0.15, 0.2) is 0 Å². The van der Waals surface area contributed by atoms with Crippen molar-refractivity contribution in [1.29, 1.82) is 0 Å². The summed E-state index contributed by atoms with van der Waals surface area (Å²) in [5.74, 6) is 0.952. The molecule has 0 saturated carbocycles. The van der Waals surface area contributed by atoms with Crippen LogP contribution in [0.5, 0.6) is 0 Å². The van der Waals surface area contributed by atoms with Crippen molar-refractivity contribution in [2.75, 3.05) is 12.3 Å². The fourth-order valence-corrected chi connectivity index (χ4v) is 3.15. The van der Waals surface area contributed by atoms with Crippen LogP contribution in [0.1, 0.15) is 6.42 Å². The van der Waals surface area contributed by atoms with Crippen LogP contribution in [0.2, 0.25) is 0 Å². The summed E-state index contributed by atoms with van der Waals surface area (Å²) in [7, 11) is 1.21. The zero-order valence-electron chi connectivity index (χ0n) is 5.43. The van der Waals surface area contributed by atoms with Crippen molar-refractivity contribution in [2.24, 2.45) is 5.92 Å². The molecule has 2 aliphatic rings. The highest BCUT2D eigenvalue weighted by molar-refractivity contribution is 7.38. The largest absolute Gasteiger partial charge is 0.117 e. The van der Waals surface area contributed by atoms with Crippen molar-refractivity contribution < 1.29 is 0 Å². The average Bonchev–Trinajstić information content (AvgIpc) is 2.33. The van der Waals surface area contributed by atoms with E-state index in [0.29, 0.717) is 0 Å². The molecule has 0 N–H and O–H groups in total. The number of fused-ring (bicyclic) bond motifs is 1. The van der Waals surface area contributed by atoms with E-state index in [-0.39, 0.29) is 0 Å². The van der Waals surface area contributed by atoms with Crippen LogP contribution in [-0.4, -0.2) is 12.3 Å². The van der Waals surface area contributed by atoms with Gasteiger partial charge in [-0.3, -0.25) is 0 Å². The Bertz CT molecular complexity index is 167. The highest BCUT2D eigenvalue weighted by atomic mass is 31.1. The van der Waals surface area contributed by atoms with Gasteiger partial charge in [-0.1, -0.05) is 23.8 Å². The standard InChI is InChI=1S/C8H11P/c1-2-4-8-6-9-5-7(8)3-1/h1-3,8-9H,4-6H2. The summed E-state index contributed by atoms with van der Waals surface area (Å²) >= 11 is 0. The minimum Gasteiger partial charge on any atom is -0.117 e. The SMILES string of the molecule is C1=CCC2CPCC2=C1. The molecule has 0 aromatic heterocycles. The van der Waals surface area contributed by atoms with Crippen LogP contribution in [0.15, 0.2) is 23.8 Å². The van der Waals surface area contributed by atoms with Gasteiger partial charge >= 0.3 is 0 Å². The van der Waals surface area contributed by atoms with E-state index >= 15 is 0 Å². The first kappa shape index (κ1) is 5.68. The minimum atomic E-state index is 0.952. The molecule has 1 heterocycles. The van der Waals surface area contributed by atoms with Gasteiger partial charge in [0.2, 0.25) is 0 Å². The highest BCUT2D eigenvalue weighted by Gasteiger charge is 2.19. The van der Waals surface area contributed by atoms with Gasteiger partial charge in [0.1, 0.15) is 0 Å². The summed E-state index contributed by atoms with van der Waals surface area (Å²) in [6.07, 6.45) is 11.0. The smallest absolute Gasteiger partial charge is 0.0125 e. The van der Waals surface area contributed by atoms with E-state index in [1.165, 1.54) is 27.3 Å². The number of hydrogen-bond donors (Lipinski definition) is 0. The predicted molar refractivity (Wildman–Crippen MR) is 43.4 cm³/mol. The van der Waals surface area contributed by atoms with Crippen LogP contribution in [0.25, 0.3) is 0 Å². The van der Waals surface area contributed by atoms with E-state index in [1.54, 1.807) is 5.57 Å². The van der Waals surface area contributed by atoms with Gasteiger partial charge in [-0.15, -0.1) is 8.58 Å². The monoisotopic (exact) mass is 138 g/mol. The molecule has 0 nitrogen and oxygen atoms in total. The molecule has 1 saturated heterocycles. The van der Waals surface area contributed by atoms with Gasteiger partial charge in [-0.25, -0.2) is 0 Å². The third-order valence-corrected chi connectivity index (χ3v) is 3.55. The van der Waals surface area contributed by atoms with E-state index in [2.05, 4.69) is 18.2 Å². The number of rotatable bonds is 0. The Morgan fingerprint density at radius 2 is 2.56 bits per heavy atom. The quantitative estimate of drug-likeness (QED) is 0.450. The summed E-state index contributed by atoms with van der Waals surface area (Å²) in [6, 6.07) is 0. The molecule has 0 amide bonds. The van der Waals surface area contributed by atoms with Crippen LogP contribution in [-0.2, 0) is 0 Å². The molecule has 1 aliphatic carbocycles. The normalized spacial score (nSPS) is 34.7. The summed E-state index contributed by atoms with van der Waals surface area (Å²) in [5.41, 5.74) is 1.72. The van der Waals surface area contributed by atoms with E-state index in [0.717, 1.165) is 5.92 Å². The molecule has 1 aliphatic heterocycles. The molecular formula is C8H11P. The minimum absolute atomic E-state index is 0.952. The van der Waals surface area contributed by atoms with Crippen molar-refractivity contribution in [1.82, 2.24) is 0 Å². The van der Waals surface area contributed by atoms with Crippen LogP contribution in [0.4, 0.5) is 0 Å². The van der Waals surface area contributed by atoms with Crippen molar-refractivity contribution in [2.45, 2.75) is 6.42 Å². The van der Waals surface area contributed by atoms with Crippen LogP contribution >= 0.6 is 8.58 Å². The van der Waals surface area contributed by atoms with Crippen LogP contribution in [0.3, 0.4) is 0 Å². The second kappa shape index (κ2) is 2.27.